The maximum atomic E-state index is 12.9. The number of aromatic nitrogens is 2. The maximum Gasteiger partial charge on any atom is 0.258 e. The van der Waals surface area contributed by atoms with Crippen LogP contribution in [-0.2, 0) is 0 Å². The molecule has 0 atom stereocenters. The molecule has 1 aromatic heterocycles. The Labute approximate surface area is 113 Å². The molecule has 0 saturated carbocycles. The summed E-state index contributed by atoms with van der Waals surface area (Å²) in [6.45, 7) is 0. The van der Waals surface area contributed by atoms with Gasteiger partial charge in [-0.25, -0.2) is 4.39 Å². The van der Waals surface area contributed by atoms with E-state index in [1.165, 1.54) is 24.3 Å². The minimum Gasteiger partial charge on any atom is -0.506 e. The first-order valence-corrected chi connectivity index (χ1v) is 5.82. The Kier molecular flexibility index (Phi) is 2.83. The highest BCUT2D eigenvalue weighted by molar-refractivity contribution is 5.66. The van der Waals surface area contributed by atoms with Gasteiger partial charge in [0.15, 0.2) is 0 Å². The van der Waals surface area contributed by atoms with Crippen molar-refractivity contribution in [3.8, 4) is 28.6 Å². The molecule has 0 aliphatic carbocycles. The maximum absolute atomic E-state index is 12.9. The third-order valence-electron chi connectivity index (χ3n) is 2.80. The van der Waals surface area contributed by atoms with Gasteiger partial charge < -0.3 is 15.4 Å². The second-order valence-corrected chi connectivity index (χ2v) is 4.20. The molecule has 0 spiro atoms. The number of nitrogens with zero attached hydrogens (tertiary/aromatic N) is 2. The van der Waals surface area contributed by atoms with Crippen LogP contribution in [0.5, 0.6) is 5.75 Å². The van der Waals surface area contributed by atoms with Crippen molar-refractivity contribution >= 4 is 5.69 Å². The fraction of sp³-hybridized carbons (Fsp3) is 0. The molecule has 0 aliphatic rings. The third kappa shape index (κ3) is 2.18. The monoisotopic (exact) mass is 271 g/mol. The fourth-order valence-corrected chi connectivity index (χ4v) is 1.74. The number of anilines is 1. The number of benzene rings is 2. The highest BCUT2D eigenvalue weighted by atomic mass is 19.1. The lowest BCUT2D eigenvalue weighted by atomic mass is 10.2. The van der Waals surface area contributed by atoms with E-state index in [2.05, 4.69) is 10.1 Å². The lowest BCUT2D eigenvalue weighted by molar-refractivity contribution is 0.432. The first kappa shape index (κ1) is 12.2. The smallest absolute Gasteiger partial charge is 0.258 e. The summed E-state index contributed by atoms with van der Waals surface area (Å²) in [5, 5.41) is 13.2. The molecule has 0 amide bonds. The average molecular weight is 271 g/mol. The van der Waals surface area contributed by atoms with E-state index in [0.29, 0.717) is 17.0 Å². The van der Waals surface area contributed by atoms with E-state index in [1.807, 2.05) is 0 Å². The molecule has 3 rings (SSSR count). The zero-order valence-electron chi connectivity index (χ0n) is 10.2. The van der Waals surface area contributed by atoms with Gasteiger partial charge >= 0.3 is 0 Å². The molecule has 1 heterocycles. The molecule has 100 valence electrons. The van der Waals surface area contributed by atoms with Gasteiger partial charge in [-0.2, -0.15) is 4.98 Å². The van der Waals surface area contributed by atoms with E-state index in [0.717, 1.165) is 0 Å². The molecule has 0 bridgehead atoms. The zero-order chi connectivity index (χ0) is 14.1. The second-order valence-electron chi connectivity index (χ2n) is 4.20. The quantitative estimate of drug-likeness (QED) is 0.553. The average Bonchev–Trinajstić information content (AvgIpc) is 2.92. The molecule has 2 aromatic carbocycles. The summed E-state index contributed by atoms with van der Waals surface area (Å²) >= 11 is 0. The molecule has 0 unspecified atom stereocenters. The highest BCUT2D eigenvalue weighted by Crippen LogP contribution is 2.28. The van der Waals surface area contributed by atoms with Gasteiger partial charge in [-0.3, -0.25) is 0 Å². The van der Waals surface area contributed by atoms with Crippen LogP contribution in [-0.4, -0.2) is 15.2 Å². The van der Waals surface area contributed by atoms with Crippen LogP contribution in [0.25, 0.3) is 22.8 Å². The van der Waals surface area contributed by atoms with Gasteiger partial charge in [-0.05, 0) is 42.5 Å². The molecule has 5 nitrogen and oxygen atoms in total. The fourth-order valence-electron chi connectivity index (χ4n) is 1.74. The number of nitrogens with two attached hydrogens (primary N) is 1. The van der Waals surface area contributed by atoms with Crippen LogP contribution in [0.3, 0.4) is 0 Å². The van der Waals surface area contributed by atoms with Crippen LogP contribution in [0.15, 0.2) is 47.0 Å². The molecular weight excluding hydrogens is 261 g/mol. The van der Waals surface area contributed by atoms with Crippen molar-refractivity contribution in [3.63, 3.8) is 0 Å². The molecule has 0 radical (unpaired) electrons. The van der Waals surface area contributed by atoms with Crippen molar-refractivity contribution in [1.29, 1.82) is 0 Å². The summed E-state index contributed by atoms with van der Waals surface area (Å²) < 4.78 is 18.0. The number of rotatable bonds is 2. The molecule has 6 heteroatoms. The largest absolute Gasteiger partial charge is 0.506 e. The summed E-state index contributed by atoms with van der Waals surface area (Å²) in [7, 11) is 0. The molecule has 0 aliphatic heterocycles. The van der Waals surface area contributed by atoms with E-state index >= 15 is 0 Å². The van der Waals surface area contributed by atoms with Crippen LogP contribution < -0.4 is 5.73 Å². The van der Waals surface area contributed by atoms with Gasteiger partial charge in [-0.1, -0.05) is 5.16 Å². The van der Waals surface area contributed by atoms with Gasteiger partial charge in [0, 0.05) is 11.1 Å². The normalized spacial score (nSPS) is 10.7. The van der Waals surface area contributed by atoms with Crippen molar-refractivity contribution in [2.24, 2.45) is 0 Å². The number of phenolic OH excluding ortho intramolecular Hbond substituents is 1. The van der Waals surface area contributed by atoms with Crippen LogP contribution in [0.1, 0.15) is 0 Å². The Morgan fingerprint density at radius 1 is 1.05 bits per heavy atom. The highest BCUT2D eigenvalue weighted by Gasteiger charge is 2.11. The molecule has 0 saturated heterocycles. The lowest BCUT2D eigenvalue weighted by Gasteiger charge is -1.99. The summed E-state index contributed by atoms with van der Waals surface area (Å²) in [6, 6.07) is 10.4. The first-order valence-electron chi connectivity index (χ1n) is 5.82. The van der Waals surface area contributed by atoms with E-state index in [-0.39, 0.29) is 23.1 Å². The van der Waals surface area contributed by atoms with Crippen LogP contribution in [0.4, 0.5) is 10.1 Å². The first-order chi connectivity index (χ1) is 9.63. The second kappa shape index (κ2) is 4.65. The topological polar surface area (TPSA) is 85.2 Å². The standard InChI is InChI=1S/C14H10FN3O2/c15-10-4-1-8(2-5-10)13-17-14(20-18-13)9-3-6-12(19)11(16)7-9/h1-7,19H,16H2. The molecule has 3 aromatic rings. The Balaban J connectivity index is 1.97. The van der Waals surface area contributed by atoms with E-state index in [1.54, 1.807) is 18.2 Å². The zero-order valence-corrected chi connectivity index (χ0v) is 10.2. The Bertz CT molecular complexity index is 753. The number of halogens is 1. The number of hydrogen-bond donors (Lipinski definition) is 2. The van der Waals surface area contributed by atoms with Crippen molar-refractivity contribution in [1.82, 2.24) is 10.1 Å². The van der Waals surface area contributed by atoms with Gasteiger partial charge in [0.05, 0.1) is 5.69 Å². The molecule has 3 N–H and O–H groups in total. The summed E-state index contributed by atoms with van der Waals surface area (Å²) in [5.74, 6) is 0.290. The van der Waals surface area contributed by atoms with Crippen LogP contribution in [0.2, 0.25) is 0 Å². The lowest BCUT2D eigenvalue weighted by Crippen LogP contribution is -1.87. The van der Waals surface area contributed by atoms with Crippen molar-refractivity contribution in [3.05, 3.63) is 48.3 Å². The Morgan fingerprint density at radius 3 is 2.45 bits per heavy atom. The van der Waals surface area contributed by atoms with Crippen LogP contribution >= 0.6 is 0 Å². The van der Waals surface area contributed by atoms with Crippen molar-refractivity contribution in [2.45, 2.75) is 0 Å². The molecular formula is C14H10FN3O2. The Morgan fingerprint density at radius 2 is 1.75 bits per heavy atom. The summed E-state index contributed by atoms with van der Waals surface area (Å²) in [6.07, 6.45) is 0. The van der Waals surface area contributed by atoms with Gasteiger partial charge in [0.25, 0.3) is 5.89 Å². The predicted octanol–water partition coefficient (Wildman–Crippen LogP) is 2.83. The third-order valence-corrected chi connectivity index (χ3v) is 2.80. The van der Waals surface area contributed by atoms with E-state index < -0.39 is 0 Å². The molecule has 20 heavy (non-hydrogen) atoms. The number of nitrogen functional groups attached to an aromatic ring is 1. The molecule has 0 fully saturated rings. The van der Waals surface area contributed by atoms with Crippen molar-refractivity contribution < 1.29 is 14.0 Å². The van der Waals surface area contributed by atoms with Crippen molar-refractivity contribution in [2.75, 3.05) is 5.73 Å². The summed E-state index contributed by atoms with van der Waals surface area (Å²) in [4.78, 5) is 4.21. The van der Waals surface area contributed by atoms with Gasteiger partial charge in [0.2, 0.25) is 5.82 Å². The number of aromatic hydroxyl groups is 1. The Hall–Kier alpha value is -2.89. The minimum absolute atomic E-state index is 0.00739. The summed E-state index contributed by atoms with van der Waals surface area (Å²) in [5.41, 5.74) is 7.08. The van der Waals surface area contributed by atoms with Crippen LogP contribution in [0, 0.1) is 5.82 Å². The predicted molar refractivity (Wildman–Crippen MR) is 71.2 cm³/mol. The minimum atomic E-state index is -0.330. The van der Waals surface area contributed by atoms with E-state index in [4.69, 9.17) is 10.3 Å². The van der Waals surface area contributed by atoms with Gasteiger partial charge in [0.1, 0.15) is 11.6 Å². The van der Waals surface area contributed by atoms with Gasteiger partial charge in [-0.15, -0.1) is 0 Å². The SMILES string of the molecule is Nc1cc(-c2nc(-c3ccc(F)cc3)no2)ccc1O. The van der Waals surface area contributed by atoms with E-state index in [9.17, 15) is 9.50 Å². The number of phenols is 1. The number of hydrogen-bond acceptors (Lipinski definition) is 5.